The van der Waals surface area contributed by atoms with Crippen LogP contribution in [0.4, 0.5) is 4.39 Å². The first-order chi connectivity index (χ1) is 15.0. The zero-order chi connectivity index (χ0) is 23.0. The Balaban J connectivity index is 1.33. The molecule has 7 heteroatoms. The summed E-state index contributed by atoms with van der Waals surface area (Å²) in [5, 5.41) is 9.29. The molecular formula is C25H28BFO5. The van der Waals surface area contributed by atoms with E-state index in [1.54, 1.807) is 12.1 Å². The molecule has 1 N–H and O–H groups in total. The molecule has 1 heterocycles. The molecule has 2 aromatic rings. The van der Waals surface area contributed by atoms with E-state index in [-0.39, 0.29) is 23.6 Å². The van der Waals surface area contributed by atoms with Crippen LogP contribution in [0.2, 0.25) is 0 Å². The number of carboxylic acids is 1. The molecule has 5 nitrogen and oxygen atoms in total. The van der Waals surface area contributed by atoms with E-state index >= 15 is 0 Å². The largest absolute Gasteiger partial charge is 0.494 e. The second-order valence-electron chi connectivity index (χ2n) is 10.2. The molecule has 168 valence electrons. The maximum atomic E-state index is 14.7. The number of carbonyl (C=O) groups is 1. The number of rotatable bonds is 5. The molecule has 5 rings (SSSR count). The van der Waals surface area contributed by atoms with Crippen LogP contribution in [0.15, 0.2) is 36.4 Å². The summed E-state index contributed by atoms with van der Waals surface area (Å²) in [4.78, 5) is 11.3. The van der Waals surface area contributed by atoms with Crippen molar-refractivity contribution in [3.05, 3.63) is 58.9 Å². The molecule has 0 amide bonds. The predicted molar refractivity (Wildman–Crippen MR) is 119 cm³/mol. The van der Waals surface area contributed by atoms with Gasteiger partial charge in [-0.15, -0.1) is 0 Å². The highest BCUT2D eigenvalue weighted by molar-refractivity contribution is 6.62. The Morgan fingerprint density at radius 1 is 1.16 bits per heavy atom. The Bertz CT molecular complexity index is 1080. The molecule has 0 radical (unpaired) electrons. The summed E-state index contributed by atoms with van der Waals surface area (Å²) >= 11 is 0. The van der Waals surface area contributed by atoms with Crippen molar-refractivity contribution in [1.82, 2.24) is 0 Å². The minimum atomic E-state index is -0.711. The van der Waals surface area contributed by atoms with Crippen LogP contribution < -0.4 is 10.2 Å². The second-order valence-corrected chi connectivity index (χ2v) is 10.2. The van der Waals surface area contributed by atoms with Crippen LogP contribution in [0, 0.1) is 17.7 Å². The Kier molecular flexibility index (Phi) is 4.74. The molecule has 2 aromatic carbocycles. The first-order valence-electron chi connectivity index (χ1n) is 11.2. The SMILES string of the molecule is CC(Oc1ccc2c(c1)CC1C(C(=O)O)C21)c1cc(B2OC(C)(C)C(C)(C)O2)ccc1F. The average molecular weight is 438 g/mol. The zero-order valence-electron chi connectivity index (χ0n) is 19.0. The fraction of sp³-hybridized carbons (Fsp3) is 0.480. The number of fused-ring (bicyclic) bond motifs is 3. The van der Waals surface area contributed by atoms with E-state index < -0.39 is 30.4 Å². The molecule has 1 aliphatic heterocycles. The number of hydrogen-bond donors (Lipinski definition) is 1. The van der Waals surface area contributed by atoms with Crippen LogP contribution in [0.1, 0.15) is 63.3 Å². The molecule has 4 unspecified atom stereocenters. The number of aliphatic carboxylic acids is 1. The van der Waals surface area contributed by atoms with Crippen molar-refractivity contribution in [3.63, 3.8) is 0 Å². The topological polar surface area (TPSA) is 65.0 Å². The smallest absolute Gasteiger partial charge is 0.486 e. The molecular weight excluding hydrogens is 410 g/mol. The van der Waals surface area contributed by atoms with Crippen molar-refractivity contribution in [2.24, 2.45) is 11.8 Å². The lowest BCUT2D eigenvalue weighted by Gasteiger charge is -2.32. The van der Waals surface area contributed by atoms with Crippen molar-refractivity contribution >= 4 is 18.6 Å². The van der Waals surface area contributed by atoms with Gasteiger partial charge in [0.1, 0.15) is 17.7 Å². The van der Waals surface area contributed by atoms with Gasteiger partial charge in [0.2, 0.25) is 0 Å². The van der Waals surface area contributed by atoms with Gasteiger partial charge in [-0.3, -0.25) is 4.79 Å². The molecule has 32 heavy (non-hydrogen) atoms. The first kappa shape index (κ1) is 21.5. The number of ether oxygens (including phenoxy) is 1. The Labute approximate surface area is 188 Å². The monoisotopic (exact) mass is 438 g/mol. The van der Waals surface area contributed by atoms with Gasteiger partial charge in [-0.25, -0.2) is 4.39 Å². The summed E-state index contributed by atoms with van der Waals surface area (Å²) in [6, 6.07) is 10.6. The number of hydrogen-bond acceptors (Lipinski definition) is 4. The van der Waals surface area contributed by atoms with Crippen LogP contribution >= 0.6 is 0 Å². The molecule has 1 saturated carbocycles. The quantitative estimate of drug-likeness (QED) is 0.708. The lowest BCUT2D eigenvalue weighted by atomic mass is 9.78. The van der Waals surface area contributed by atoms with E-state index in [2.05, 4.69) is 0 Å². The molecule has 0 spiro atoms. The third-order valence-electron chi connectivity index (χ3n) is 7.68. The number of halogens is 1. The molecule has 0 bridgehead atoms. The van der Waals surface area contributed by atoms with Gasteiger partial charge in [-0.2, -0.15) is 0 Å². The fourth-order valence-electron chi connectivity index (χ4n) is 5.07. The minimum absolute atomic E-state index is 0.128. The molecule has 4 atom stereocenters. The van der Waals surface area contributed by atoms with Crippen LogP contribution in [0.5, 0.6) is 5.75 Å². The standard InChI is InChI=1S/C25H28BFO5/c1-13(30-16-7-8-17-14(10-16)11-19-21(17)22(19)23(28)29)18-12-15(6-9-20(18)27)26-31-24(2,3)25(4,5)32-26/h6-10,12-13,19,21-22H,11H2,1-5H3,(H,28,29). The van der Waals surface area contributed by atoms with Crippen molar-refractivity contribution in [3.8, 4) is 5.75 Å². The van der Waals surface area contributed by atoms with Crippen LogP contribution in [0.3, 0.4) is 0 Å². The summed E-state index contributed by atoms with van der Waals surface area (Å²) < 4.78 is 33.0. The maximum Gasteiger partial charge on any atom is 0.494 e. The Morgan fingerprint density at radius 2 is 1.84 bits per heavy atom. The van der Waals surface area contributed by atoms with Gasteiger partial charge in [0.15, 0.2) is 0 Å². The van der Waals surface area contributed by atoms with Gasteiger partial charge in [-0.05, 0) is 81.7 Å². The summed E-state index contributed by atoms with van der Waals surface area (Å²) in [7, 11) is -0.569. The van der Waals surface area contributed by atoms with Crippen molar-refractivity contribution in [1.29, 1.82) is 0 Å². The van der Waals surface area contributed by atoms with Gasteiger partial charge in [0.05, 0.1) is 17.1 Å². The van der Waals surface area contributed by atoms with E-state index in [9.17, 15) is 14.3 Å². The highest BCUT2D eigenvalue weighted by atomic mass is 19.1. The Morgan fingerprint density at radius 3 is 2.50 bits per heavy atom. The second kappa shape index (κ2) is 7.06. The van der Waals surface area contributed by atoms with Crippen LogP contribution in [0.25, 0.3) is 0 Å². The molecule has 1 saturated heterocycles. The molecule has 2 aliphatic carbocycles. The van der Waals surface area contributed by atoms with Gasteiger partial charge in [0, 0.05) is 11.5 Å². The summed E-state index contributed by atoms with van der Waals surface area (Å²) in [5.74, 6) is -0.321. The van der Waals surface area contributed by atoms with Crippen LogP contribution in [-0.4, -0.2) is 29.4 Å². The van der Waals surface area contributed by atoms with E-state index in [0.717, 1.165) is 23.0 Å². The zero-order valence-corrected chi connectivity index (χ0v) is 19.0. The fourth-order valence-corrected chi connectivity index (χ4v) is 5.07. The van der Waals surface area contributed by atoms with Gasteiger partial charge in [-0.1, -0.05) is 18.2 Å². The first-order valence-corrected chi connectivity index (χ1v) is 11.2. The van der Waals surface area contributed by atoms with Gasteiger partial charge in [0.25, 0.3) is 0 Å². The predicted octanol–water partition coefficient (Wildman–Crippen LogP) is 4.24. The highest BCUT2D eigenvalue weighted by Gasteiger charge is 2.59. The van der Waals surface area contributed by atoms with E-state index in [1.807, 2.05) is 52.8 Å². The molecule has 0 aromatic heterocycles. The summed E-state index contributed by atoms with van der Waals surface area (Å²) in [5.41, 5.74) is 2.49. The van der Waals surface area contributed by atoms with Crippen LogP contribution in [-0.2, 0) is 20.5 Å². The van der Waals surface area contributed by atoms with E-state index in [0.29, 0.717) is 11.3 Å². The lowest BCUT2D eigenvalue weighted by molar-refractivity contribution is -0.139. The van der Waals surface area contributed by atoms with E-state index in [4.69, 9.17) is 14.0 Å². The average Bonchev–Trinajstić information content (AvgIpc) is 3.21. The summed E-state index contributed by atoms with van der Waals surface area (Å²) in [6.45, 7) is 9.76. The third-order valence-corrected chi connectivity index (χ3v) is 7.68. The molecule has 2 fully saturated rings. The van der Waals surface area contributed by atoms with E-state index in [1.165, 1.54) is 6.07 Å². The lowest BCUT2D eigenvalue weighted by Crippen LogP contribution is -2.41. The highest BCUT2D eigenvalue weighted by Crippen LogP contribution is 2.61. The van der Waals surface area contributed by atoms with Gasteiger partial charge >= 0.3 is 13.1 Å². The summed E-state index contributed by atoms with van der Waals surface area (Å²) in [6.07, 6.45) is 0.243. The Hall–Kier alpha value is -2.38. The maximum absolute atomic E-state index is 14.7. The minimum Gasteiger partial charge on any atom is -0.486 e. The number of benzene rings is 2. The van der Waals surface area contributed by atoms with Crippen molar-refractivity contribution in [2.75, 3.05) is 0 Å². The van der Waals surface area contributed by atoms with Crippen molar-refractivity contribution < 1.29 is 28.3 Å². The number of carboxylic acid groups (broad SMARTS) is 1. The normalized spacial score (nSPS) is 27.6. The third kappa shape index (κ3) is 3.34. The van der Waals surface area contributed by atoms with Crippen molar-refractivity contribution in [2.45, 2.75) is 64.3 Å². The van der Waals surface area contributed by atoms with Gasteiger partial charge < -0.3 is 19.2 Å². The molecule has 3 aliphatic rings.